The standard InChI is InChI=1S/C15H17FSi/c1-17(2,14-9-4-3-5-10-14)12-13-8-6-7-11-15(13)16/h3-11H,12H2,1-2H3. The predicted molar refractivity (Wildman–Crippen MR) is 73.7 cm³/mol. The fourth-order valence-corrected chi connectivity index (χ4v) is 4.65. The van der Waals surface area contributed by atoms with Gasteiger partial charge in [0.05, 0.1) is 8.07 Å². The number of benzene rings is 2. The number of hydrogen-bond acceptors (Lipinski definition) is 0. The molecule has 17 heavy (non-hydrogen) atoms. The largest absolute Gasteiger partial charge is 0.207 e. The van der Waals surface area contributed by atoms with E-state index in [4.69, 9.17) is 0 Å². The molecule has 0 saturated carbocycles. The van der Waals surface area contributed by atoms with Crippen LogP contribution < -0.4 is 5.19 Å². The van der Waals surface area contributed by atoms with E-state index in [1.807, 2.05) is 18.2 Å². The van der Waals surface area contributed by atoms with Crippen LogP contribution in [0.3, 0.4) is 0 Å². The molecular weight excluding hydrogens is 227 g/mol. The molecule has 0 nitrogen and oxygen atoms in total. The lowest BCUT2D eigenvalue weighted by molar-refractivity contribution is 0.616. The molecule has 0 atom stereocenters. The Balaban J connectivity index is 2.27. The minimum absolute atomic E-state index is 0.0796. The van der Waals surface area contributed by atoms with Crippen molar-refractivity contribution in [3.8, 4) is 0 Å². The summed E-state index contributed by atoms with van der Waals surface area (Å²) in [6.07, 6.45) is 0. The van der Waals surface area contributed by atoms with Gasteiger partial charge >= 0.3 is 0 Å². The highest BCUT2D eigenvalue weighted by molar-refractivity contribution is 6.89. The minimum Gasteiger partial charge on any atom is -0.207 e. The Kier molecular flexibility index (Phi) is 3.43. The van der Waals surface area contributed by atoms with Crippen molar-refractivity contribution in [2.45, 2.75) is 19.1 Å². The van der Waals surface area contributed by atoms with Gasteiger partial charge in [0.2, 0.25) is 0 Å². The van der Waals surface area contributed by atoms with E-state index < -0.39 is 8.07 Å². The number of hydrogen-bond donors (Lipinski definition) is 0. The Bertz CT molecular complexity index is 491. The van der Waals surface area contributed by atoms with Gasteiger partial charge in [-0.3, -0.25) is 0 Å². The van der Waals surface area contributed by atoms with Crippen molar-refractivity contribution in [1.82, 2.24) is 0 Å². The molecular formula is C15H17FSi. The Hall–Kier alpha value is -1.41. The molecule has 2 rings (SSSR count). The molecule has 0 N–H and O–H groups in total. The van der Waals surface area contributed by atoms with Gasteiger partial charge in [0.15, 0.2) is 0 Å². The van der Waals surface area contributed by atoms with Gasteiger partial charge in [0.25, 0.3) is 0 Å². The van der Waals surface area contributed by atoms with Crippen LogP contribution in [0.4, 0.5) is 4.39 Å². The molecule has 88 valence electrons. The molecule has 0 spiro atoms. The van der Waals surface area contributed by atoms with E-state index in [0.717, 1.165) is 11.6 Å². The average Bonchev–Trinajstić information content (AvgIpc) is 2.33. The van der Waals surface area contributed by atoms with Crippen LogP contribution in [-0.4, -0.2) is 8.07 Å². The summed E-state index contributed by atoms with van der Waals surface area (Å²) in [7, 11) is -1.59. The molecule has 2 aromatic carbocycles. The topological polar surface area (TPSA) is 0 Å². The Morgan fingerprint density at radius 3 is 2.12 bits per heavy atom. The monoisotopic (exact) mass is 244 g/mol. The second-order valence-electron chi connectivity index (χ2n) is 5.02. The third-order valence-electron chi connectivity index (χ3n) is 3.15. The lowest BCUT2D eigenvalue weighted by Gasteiger charge is -2.23. The normalized spacial score (nSPS) is 11.5. The molecule has 0 radical (unpaired) electrons. The fourth-order valence-electron chi connectivity index (χ4n) is 2.11. The van der Waals surface area contributed by atoms with E-state index in [9.17, 15) is 4.39 Å². The molecule has 0 aliphatic carbocycles. The summed E-state index contributed by atoms with van der Waals surface area (Å²) < 4.78 is 13.7. The Labute approximate surface area is 103 Å². The van der Waals surface area contributed by atoms with Crippen LogP contribution in [0.5, 0.6) is 0 Å². The molecule has 0 aliphatic heterocycles. The van der Waals surface area contributed by atoms with Gasteiger partial charge in [-0.05, 0) is 17.7 Å². The highest BCUT2D eigenvalue weighted by Crippen LogP contribution is 2.15. The Morgan fingerprint density at radius 1 is 0.882 bits per heavy atom. The zero-order valence-electron chi connectivity index (χ0n) is 10.3. The third-order valence-corrected chi connectivity index (χ3v) is 6.31. The lowest BCUT2D eigenvalue weighted by Crippen LogP contribution is -2.44. The number of rotatable bonds is 3. The van der Waals surface area contributed by atoms with Gasteiger partial charge in [-0.25, -0.2) is 4.39 Å². The summed E-state index contributed by atoms with van der Waals surface area (Å²) in [5, 5.41) is 1.38. The zero-order chi connectivity index (χ0) is 12.3. The third kappa shape index (κ3) is 2.83. The van der Waals surface area contributed by atoms with E-state index in [1.165, 1.54) is 5.19 Å². The van der Waals surface area contributed by atoms with E-state index >= 15 is 0 Å². The minimum atomic E-state index is -1.59. The van der Waals surface area contributed by atoms with Crippen LogP contribution in [0.2, 0.25) is 13.1 Å². The quantitative estimate of drug-likeness (QED) is 0.725. The molecule has 0 aromatic heterocycles. The summed E-state index contributed by atoms with van der Waals surface area (Å²) >= 11 is 0. The van der Waals surface area contributed by atoms with Gasteiger partial charge in [0.1, 0.15) is 5.82 Å². The first-order valence-corrected chi connectivity index (χ1v) is 9.09. The van der Waals surface area contributed by atoms with Crippen molar-refractivity contribution < 1.29 is 4.39 Å². The van der Waals surface area contributed by atoms with Gasteiger partial charge in [-0.1, -0.05) is 66.8 Å². The van der Waals surface area contributed by atoms with Crippen molar-refractivity contribution in [3.63, 3.8) is 0 Å². The molecule has 2 heteroatoms. The fraction of sp³-hybridized carbons (Fsp3) is 0.200. The van der Waals surface area contributed by atoms with Crippen LogP contribution in [0.1, 0.15) is 5.56 Å². The van der Waals surface area contributed by atoms with Gasteiger partial charge in [-0.15, -0.1) is 0 Å². The second-order valence-corrected chi connectivity index (χ2v) is 9.72. The average molecular weight is 244 g/mol. The van der Waals surface area contributed by atoms with Gasteiger partial charge < -0.3 is 0 Å². The summed E-state index contributed by atoms with van der Waals surface area (Å²) in [5.41, 5.74) is 0.841. The molecule has 0 unspecified atom stereocenters. The highest BCUT2D eigenvalue weighted by atomic mass is 28.3. The van der Waals surface area contributed by atoms with Crippen molar-refractivity contribution in [2.75, 3.05) is 0 Å². The van der Waals surface area contributed by atoms with Gasteiger partial charge in [0, 0.05) is 0 Å². The van der Waals surface area contributed by atoms with E-state index in [-0.39, 0.29) is 5.82 Å². The molecule has 0 fully saturated rings. The lowest BCUT2D eigenvalue weighted by atomic mass is 10.2. The predicted octanol–water partition coefficient (Wildman–Crippen LogP) is 3.52. The summed E-state index contributed by atoms with van der Waals surface area (Å²) in [6.45, 7) is 4.57. The molecule has 0 heterocycles. The zero-order valence-corrected chi connectivity index (χ0v) is 11.3. The summed E-state index contributed by atoms with van der Waals surface area (Å²) in [4.78, 5) is 0. The maximum Gasteiger partial charge on any atom is 0.126 e. The molecule has 0 bridgehead atoms. The van der Waals surface area contributed by atoms with E-state index in [0.29, 0.717) is 0 Å². The summed E-state index contributed by atoms with van der Waals surface area (Å²) in [6, 6.07) is 18.4. The number of halogens is 1. The van der Waals surface area contributed by atoms with Crippen molar-refractivity contribution in [1.29, 1.82) is 0 Å². The second kappa shape index (κ2) is 4.84. The molecule has 2 aromatic rings. The van der Waals surface area contributed by atoms with Crippen LogP contribution in [0.25, 0.3) is 0 Å². The maximum atomic E-state index is 13.7. The molecule has 0 saturated heterocycles. The smallest absolute Gasteiger partial charge is 0.126 e. The maximum absolute atomic E-state index is 13.7. The van der Waals surface area contributed by atoms with Crippen LogP contribution in [0, 0.1) is 5.82 Å². The Morgan fingerprint density at radius 2 is 1.47 bits per heavy atom. The molecule has 0 aliphatic rings. The van der Waals surface area contributed by atoms with Crippen molar-refractivity contribution >= 4 is 13.3 Å². The summed E-state index contributed by atoms with van der Waals surface area (Å²) in [5.74, 6) is -0.0796. The highest BCUT2D eigenvalue weighted by Gasteiger charge is 2.24. The van der Waals surface area contributed by atoms with Crippen LogP contribution in [0.15, 0.2) is 54.6 Å². The SMILES string of the molecule is C[Si](C)(Cc1ccccc1F)c1ccccc1. The molecule has 0 amide bonds. The van der Waals surface area contributed by atoms with Crippen LogP contribution >= 0.6 is 0 Å². The first-order chi connectivity index (χ1) is 8.09. The van der Waals surface area contributed by atoms with E-state index in [2.05, 4.69) is 37.4 Å². The van der Waals surface area contributed by atoms with E-state index in [1.54, 1.807) is 12.1 Å². The van der Waals surface area contributed by atoms with Crippen molar-refractivity contribution in [3.05, 3.63) is 66.0 Å². The van der Waals surface area contributed by atoms with Crippen LogP contribution in [-0.2, 0) is 6.04 Å². The first-order valence-electron chi connectivity index (χ1n) is 5.88. The van der Waals surface area contributed by atoms with Crippen molar-refractivity contribution in [2.24, 2.45) is 0 Å². The van der Waals surface area contributed by atoms with Gasteiger partial charge in [-0.2, -0.15) is 0 Å². The first kappa shape index (κ1) is 12.1.